The Bertz CT molecular complexity index is 1120. The van der Waals surface area contributed by atoms with E-state index >= 15 is 0 Å². The van der Waals surface area contributed by atoms with E-state index in [9.17, 15) is 4.79 Å². The molecule has 0 aliphatic carbocycles. The number of carbonyl (C=O) groups is 1. The highest BCUT2D eigenvalue weighted by molar-refractivity contribution is 6.06. The molecule has 1 fully saturated rings. The fourth-order valence-corrected chi connectivity index (χ4v) is 4.07. The second kappa shape index (κ2) is 9.95. The third-order valence-corrected chi connectivity index (χ3v) is 5.76. The van der Waals surface area contributed by atoms with Crippen molar-refractivity contribution in [2.45, 2.75) is 6.54 Å². The van der Waals surface area contributed by atoms with Crippen molar-refractivity contribution in [3.05, 3.63) is 53.6 Å². The van der Waals surface area contributed by atoms with Crippen LogP contribution in [0, 0.1) is 0 Å². The number of ether oxygens (including phenoxy) is 4. The minimum Gasteiger partial charge on any atom is -0.493 e. The summed E-state index contributed by atoms with van der Waals surface area (Å²) in [6.45, 7) is 3.18. The van der Waals surface area contributed by atoms with Crippen molar-refractivity contribution in [3.8, 4) is 17.2 Å². The van der Waals surface area contributed by atoms with E-state index in [4.69, 9.17) is 23.9 Å². The SMILES string of the molecule is COc1cc(CN(C)C(=O)c2cc(N3CCOCC3)nc3ccccc23)cc(OC)c1OC. The van der Waals surface area contributed by atoms with Gasteiger partial charge < -0.3 is 28.7 Å². The molecule has 2 heterocycles. The number of fused-ring (bicyclic) bond motifs is 1. The van der Waals surface area contributed by atoms with Gasteiger partial charge in [-0.05, 0) is 29.8 Å². The molecule has 1 saturated heterocycles. The number of carbonyl (C=O) groups excluding carboxylic acids is 1. The third kappa shape index (κ3) is 4.66. The Hall–Kier alpha value is -3.52. The van der Waals surface area contributed by atoms with Crippen LogP contribution in [0.2, 0.25) is 0 Å². The summed E-state index contributed by atoms with van der Waals surface area (Å²) in [7, 11) is 6.50. The van der Waals surface area contributed by atoms with Gasteiger partial charge in [-0.3, -0.25) is 4.79 Å². The van der Waals surface area contributed by atoms with E-state index in [0.29, 0.717) is 42.6 Å². The summed E-state index contributed by atoms with van der Waals surface area (Å²) in [5.41, 5.74) is 2.29. The molecule has 0 spiro atoms. The van der Waals surface area contributed by atoms with Crippen LogP contribution in [0.4, 0.5) is 5.82 Å². The number of aromatic nitrogens is 1. The molecule has 0 N–H and O–H groups in total. The van der Waals surface area contributed by atoms with Crippen LogP contribution in [0.3, 0.4) is 0 Å². The molecule has 8 nitrogen and oxygen atoms in total. The zero-order valence-corrected chi connectivity index (χ0v) is 19.5. The number of nitrogens with zero attached hydrogens (tertiary/aromatic N) is 3. The third-order valence-electron chi connectivity index (χ3n) is 5.76. The average molecular weight is 452 g/mol. The Labute approximate surface area is 193 Å². The van der Waals surface area contributed by atoms with Gasteiger partial charge in [0.05, 0.1) is 45.6 Å². The van der Waals surface area contributed by atoms with Crippen molar-refractivity contribution in [3.63, 3.8) is 0 Å². The Morgan fingerprint density at radius 2 is 1.70 bits per heavy atom. The van der Waals surface area contributed by atoms with Gasteiger partial charge in [0.15, 0.2) is 11.5 Å². The maximum absolute atomic E-state index is 13.6. The molecule has 0 saturated carbocycles. The maximum Gasteiger partial charge on any atom is 0.254 e. The lowest BCUT2D eigenvalue weighted by Gasteiger charge is -2.28. The number of para-hydroxylation sites is 1. The lowest BCUT2D eigenvalue weighted by atomic mass is 10.1. The van der Waals surface area contributed by atoms with Gasteiger partial charge in [-0.1, -0.05) is 18.2 Å². The summed E-state index contributed by atoms with van der Waals surface area (Å²) in [6, 6.07) is 13.3. The summed E-state index contributed by atoms with van der Waals surface area (Å²) in [6.07, 6.45) is 0. The lowest BCUT2D eigenvalue weighted by Crippen LogP contribution is -2.37. The number of anilines is 1. The number of pyridine rings is 1. The first-order chi connectivity index (χ1) is 16.0. The van der Waals surface area contributed by atoms with Crippen LogP contribution in [0.1, 0.15) is 15.9 Å². The molecule has 8 heteroatoms. The van der Waals surface area contributed by atoms with Crippen molar-refractivity contribution < 1.29 is 23.7 Å². The molecular weight excluding hydrogens is 422 g/mol. The van der Waals surface area contributed by atoms with Crippen molar-refractivity contribution in [2.75, 3.05) is 59.6 Å². The van der Waals surface area contributed by atoms with Gasteiger partial charge >= 0.3 is 0 Å². The number of morpholine rings is 1. The van der Waals surface area contributed by atoms with Gasteiger partial charge in [0.2, 0.25) is 5.75 Å². The summed E-state index contributed by atoms with van der Waals surface area (Å²) in [4.78, 5) is 22.2. The van der Waals surface area contributed by atoms with Crippen molar-refractivity contribution in [2.24, 2.45) is 0 Å². The number of hydrogen-bond donors (Lipinski definition) is 0. The van der Waals surface area contributed by atoms with Crippen molar-refractivity contribution in [1.29, 1.82) is 0 Å². The molecular formula is C25H29N3O5. The van der Waals surface area contributed by atoms with Crippen molar-refractivity contribution >= 4 is 22.6 Å². The largest absolute Gasteiger partial charge is 0.493 e. The molecule has 1 aliphatic rings. The first-order valence-corrected chi connectivity index (χ1v) is 10.8. The first kappa shape index (κ1) is 22.7. The zero-order chi connectivity index (χ0) is 23.4. The molecule has 1 aromatic heterocycles. The van der Waals surface area contributed by atoms with Gasteiger partial charge in [-0.2, -0.15) is 0 Å². The van der Waals surface area contributed by atoms with Gasteiger partial charge in [0.25, 0.3) is 5.91 Å². The minimum atomic E-state index is -0.0862. The summed E-state index contributed by atoms with van der Waals surface area (Å²) in [5, 5.41) is 0.830. The second-order valence-electron chi connectivity index (χ2n) is 7.84. The number of rotatable bonds is 7. The first-order valence-electron chi connectivity index (χ1n) is 10.8. The Morgan fingerprint density at radius 1 is 1.03 bits per heavy atom. The Morgan fingerprint density at radius 3 is 2.33 bits per heavy atom. The number of amides is 1. The van der Waals surface area contributed by atoms with E-state index in [0.717, 1.165) is 35.4 Å². The van der Waals surface area contributed by atoms with Crippen LogP contribution in [0.25, 0.3) is 10.9 Å². The van der Waals surface area contributed by atoms with Gasteiger partial charge in [-0.25, -0.2) is 4.98 Å². The molecule has 33 heavy (non-hydrogen) atoms. The summed E-state index contributed by atoms with van der Waals surface area (Å²) in [5.74, 6) is 2.33. The molecule has 0 radical (unpaired) electrons. The average Bonchev–Trinajstić information content (AvgIpc) is 2.87. The van der Waals surface area contributed by atoms with Crippen LogP contribution in [-0.4, -0.2) is 70.5 Å². The molecule has 0 atom stereocenters. The predicted octanol–water partition coefficient (Wildman–Crippen LogP) is 3.37. The summed E-state index contributed by atoms with van der Waals surface area (Å²) >= 11 is 0. The van der Waals surface area contributed by atoms with Crippen LogP contribution >= 0.6 is 0 Å². The summed E-state index contributed by atoms with van der Waals surface area (Å²) < 4.78 is 21.8. The maximum atomic E-state index is 13.6. The monoisotopic (exact) mass is 451 g/mol. The van der Waals surface area contributed by atoms with E-state index in [1.807, 2.05) is 42.5 Å². The molecule has 1 aliphatic heterocycles. The zero-order valence-electron chi connectivity index (χ0n) is 19.5. The molecule has 0 bridgehead atoms. The van der Waals surface area contributed by atoms with Crippen LogP contribution in [0.15, 0.2) is 42.5 Å². The molecule has 1 amide bonds. The molecule has 2 aromatic carbocycles. The fourth-order valence-electron chi connectivity index (χ4n) is 4.07. The van der Waals surface area contributed by atoms with Gasteiger partial charge in [0, 0.05) is 32.1 Å². The van der Waals surface area contributed by atoms with E-state index in [1.165, 1.54) is 0 Å². The number of methoxy groups -OCH3 is 3. The van der Waals surface area contributed by atoms with E-state index in [2.05, 4.69) is 4.90 Å². The van der Waals surface area contributed by atoms with Gasteiger partial charge in [0.1, 0.15) is 5.82 Å². The smallest absolute Gasteiger partial charge is 0.254 e. The van der Waals surface area contributed by atoms with E-state index in [1.54, 1.807) is 33.3 Å². The number of hydrogen-bond acceptors (Lipinski definition) is 7. The van der Waals surface area contributed by atoms with Crippen LogP contribution < -0.4 is 19.1 Å². The highest BCUT2D eigenvalue weighted by Gasteiger charge is 2.21. The second-order valence-corrected chi connectivity index (χ2v) is 7.84. The molecule has 174 valence electrons. The van der Waals surface area contributed by atoms with Crippen LogP contribution in [-0.2, 0) is 11.3 Å². The van der Waals surface area contributed by atoms with E-state index in [-0.39, 0.29) is 5.91 Å². The van der Waals surface area contributed by atoms with E-state index < -0.39 is 0 Å². The number of benzene rings is 2. The minimum absolute atomic E-state index is 0.0862. The Balaban J connectivity index is 1.67. The Kier molecular flexibility index (Phi) is 6.84. The fraction of sp³-hybridized carbons (Fsp3) is 0.360. The topological polar surface area (TPSA) is 73.4 Å². The van der Waals surface area contributed by atoms with Gasteiger partial charge in [-0.15, -0.1) is 0 Å². The highest BCUT2D eigenvalue weighted by Crippen LogP contribution is 2.38. The van der Waals surface area contributed by atoms with Crippen molar-refractivity contribution in [1.82, 2.24) is 9.88 Å². The normalized spacial score (nSPS) is 13.6. The molecule has 0 unspecified atom stereocenters. The van der Waals surface area contributed by atoms with Crippen LogP contribution in [0.5, 0.6) is 17.2 Å². The predicted molar refractivity (Wildman–Crippen MR) is 127 cm³/mol. The molecule has 3 aromatic rings. The molecule has 4 rings (SSSR count). The standard InChI is InChI=1S/C25H29N3O5/c1-27(16-17-13-21(30-2)24(32-4)22(14-17)31-3)25(29)19-15-23(28-9-11-33-12-10-28)26-20-8-6-5-7-18(19)20/h5-8,13-15H,9-12,16H2,1-4H3. The lowest BCUT2D eigenvalue weighted by molar-refractivity contribution is 0.0786. The quantitative estimate of drug-likeness (QED) is 0.545. The highest BCUT2D eigenvalue weighted by atomic mass is 16.5.